The van der Waals surface area contributed by atoms with E-state index in [1.54, 1.807) is 5.38 Å². The van der Waals surface area contributed by atoms with Crippen LogP contribution in [0.2, 0.25) is 0 Å². The number of nitrogens with zero attached hydrogens (tertiary/aromatic N) is 2. The summed E-state index contributed by atoms with van der Waals surface area (Å²) in [6.45, 7) is -0.309. The third-order valence-electron chi connectivity index (χ3n) is 4.12. The number of rotatable bonds is 5. The molecule has 1 aliphatic heterocycles. The van der Waals surface area contributed by atoms with E-state index >= 15 is 0 Å². The number of carbonyl (C=O) groups is 1. The van der Waals surface area contributed by atoms with E-state index in [0.29, 0.717) is 11.4 Å². The molecule has 0 radical (unpaired) electrons. The van der Waals surface area contributed by atoms with Crippen molar-refractivity contribution >= 4 is 43.8 Å². The zero-order valence-corrected chi connectivity index (χ0v) is 16.6. The first-order chi connectivity index (χ1) is 13.9. The SMILES string of the molecule is COc1cc(F)ccc1N1C(=O)COc2cc(S(=O)(=O)Nc3nccs3)ccc21. The second-order valence-corrected chi connectivity index (χ2v) is 8.48. The van der Waals surface area contributed by atoms with Gasteiger partial charge in [0.1, 0.15) is 17.3 Å². The molecule has 3 aromatic rings. The van der Waals surface area contributed by atoms with Gasteiger partial charge in [-0.3, -0.25) is 14.4 Å². The molecule has 0 fully saturated rings. The Labute approximate surface area is 169 Å². The van der Waals surface area contributed by atoms with Crippen molar-refractivity contribution in [3.8, 4) is 11.5 Å². The number of methoxy groups -OCH3 is 1. The molecule has 1 aromatic heterocycles. The molecule has 29 heavy (non-hydrogen) atoms. The average Bonchev–Trinajstić information content (AvgIpc) is 3.20. The van der Waals surface area contributed by atoms with Crippen LogP contribution in [0.4, 0.5) is 20.9 Å². The molecule has 0 saturated heterocycles. The van der Waals surface area contributed by atoms with Crippen molar-refractivity contribution in [2.24, 2.45) is 0 Å². The largest absolute Gasteiger partial charge is 0.494 e. The van der Waals surface area contributed by atoms with E-state index in [0.717, 1.165) is 17.4 Å². The summed E-state index contributed by atoms with van der Waals surface area (Å²) in [6, 6.07) is 7.90. The molecule has 0 bridgehead atoms. The molecule has 2 heterocycles. The van der Waals surface area contributed by atoms with Crippen LogP contribution in [0.3, 0.4) is 0 Å². The van der Waals surface area contributed by atoms with E-state index in [9.17, 15) is 17.6 Å². The van der Waals surface area contributed by atoms with E-state index in [-0.39, 0.29) is 28.1 Å². The van der Waals surface area contributed by atoms with Crippen LogP contribution in [-0.2, 0) is 14.8 Å². The summed E-state index contributed by atoms with van der Waals surface area (Å²) < 4.78 is 51.8. The Bertz CT molecular complexity index is 1180. The molecular weight excluding hydrogens is 421 g/mol. The van der Waals surface area contributed by atoms with Crippen LogP contribution in [0.1, 0.15) is 0 Å². The van der Waals surface area contributed by atoms with Crippen molar-refractivity contribution in [1.82, 2.24) is 4.98 Å². The molecule has 1 aliphatic rings. The average molecular weight is 435 g/mol. The molecule has 1 N–H and O–H groups in total. The summed E-state index contributed by atoms with van der Waals surface area (Å²) in [5, 5.41) is 1.88. The van der Waals surface area contributed by atoms with Crippen molar-refractivity contribution < 1.29 is 27.1 Å². The molecule has 8 nitrogen and oxygen atoms in total. The highest BCUT2D eigenvalue weighted by Crippen LogP contribution is 2.42. The molecular formula is C18H14FN3O5S2. The number of anilines is 3. The molecule has 150 valence electrons. The molecule has 0 aliphatic carbocycles. The van der Waals surface area contributed by atoms with Gasteiger partial charge in [-0.2, -0.15) is 0 Å². The first kappa shape index (κ1) is 19.2. The monoisotopic (exact) mass is 435 g/mol. The molecule has 4 rings (SSSR count). The minimum Gasteiger partial charge on any atom is -0.494 e. The Morgan fingerprint density at radius 1 is 1.24 bits per heavy atom. The van der Waals surface area contributed by atoms with Gasteiger partial charge in [-0.05, 0) is 24.3 Å². The lowest BCUT2D eigenvalue weighted by molar-refractivity contribution is -0.120. The van der Waals surface area contributed by atoms with E-state index in [1.165, 1.54) is 48.5 Å². The Kier molecular flexibility index (Phi) is 4.84. The van der Waals surface area contributed by atoms with Crippen molar-refractivity contribution in [3.05, 3.63) is 53.8 Å². The van der Waals surface area contributed by atoms with Crippen LogP contribution < -0.4 is 19.1 Å². The first-order valence-corrected chi connectivity index (χ1v) is 10.6. The first-order valence-electron chi connectivity index (χ1n) is 8.25. The predicted molar refractivity (Wildman–Crippen MR) is 105 cm³/mol. The van der Waals surface area contributed by atoms with E-state index < -0.39 is 21.7 Å². The number of fused-ring (bicyclic) bond motifs is 1. The summed E-state index contributed by atoms with van der Waals surface area (Å²) in [6.07, 6.45) is 1.48. The normalized spacial score (nSPS) is 13.6. The summed E-state index contributed by atoms with van der Waals surface area (Å²) in [5.41, 5.74) is 0.638. The van der Waals surface area contributed by atoms with Crippen LogP contribution in [0, 0.1) is 5.82 Å². The molecule has 0 saturated carbocycles. The lowest BCUT2D eigenvalue weighted by atomic mass is 10.2. The van der Waals surface area contributed by atoms with E-state index in [4.69, 9.17) is 9.47 Å². The predicted octanol–water partition coefficient (Wildman–Crippen LogP) is 3.15. The number of hydrogen-bond acceptors (Lipinski definition) is 7. The van der Waals surface area contributed by atoms with Crippen LogP contribution >= 0.6 is 11.3 Å². The van der Waals surface area contributed by atoms with Gasteiger partial charge in [0.2, 0.25) is 0 Å². The molecule has 2 aromatic carbocycles. The van der Waals surface area contributed by atoms with Gasteiger partial charge in [0.15, 0.2) is 11.7 Å². The topological polar surface area (TPSA) is 97.8 Å². The van der Waals surface area contributed by atoms with Gasteiger partial charge in [0.25, 0.3) is 15.9 Å². The second-order valence-electron chi connectivity index (χ2n) is 5.91. The highest BCUT2D eigenvalue weighted by atomic mass is 32.2. The lowest BCUT2D eigenvalue weighted by Crippen LogP contribution is -2.35. The Morgan fingerprint density at radius 3 is 2.76 bits per heavy atom. The maximum atomic E-state index is 13.5. The highest BCUT2D eigenvalue weighted by Gasteiger charge is 2.30. The van der Waals surface area contributed by atoms with E-state index in [2.05, 4.69) is 9.71 Å². The maximum absolute atomic E-state index is 13.5. The van der Waals surface area contributed by atoms with E-state index in [1.807, 2.05) is 0 Å². The standard InChI is InChI=1S/C18H14FN3O5S2/c1-26-15-8-11(19)2-4-13(15)22-14-5-3-12(9-16(14)27-10-17(22)23)29(24,25)21-18-20-6-7-28-18/h2-9H,10H2,1H3,(H,20,21). The van der Waals surface area contributed by atoms with Gasteiger partial charge in [0.05, 0.1) is 23.4 Å². The number of thiazole rings is 1. The third-order valence-corrected chi connectivity index (χ3v) is 6.27. The van der Waals surface area contributed by atoms with Gasteiger partial charge in [0, 0.05) is 23.7 Å². The molecule has 0 unspecified atom stereocenters. The maximum Gasteiger partial charge on any atom is 0.269 e. The smallest absolute Gasteiger partial charge is 0.269 e. The van der Waals surface area contributed by atoms with Crippen molar-refractivity contribution in [2.45, 2.75) is 4.90 Å². The van der Waals surface area contributed by atoms with Crippen LogP contribution in [0.15, 0.2) is 52.9 Å². The Balaban J connectivity index is 1.75. The van der Waals surface area contributed by atoms with Gasteiger partial charge in [-0.1, -0.05) is 0 Å². The van der Waals surface area contributed by atoms with Gasteiger partial charge in [-0.15, -0.1) is 11.3 Å². The quantitative estimate of drug-likeness (QED) is 0.661. The number of aromatic nitrogens is 1. The number of benzene rings is 2. The minimum absolute atomic E-state index is 0.0492. The summed E-state index contributed by atoms with van der Waals surface area (Å²) >= 11 is 1.15. The molecule has 11 heteroatoms. The number of amides is 1. The van der Waals surface area contributed by atoms with Crippen LogP contribution in [0.25, 0.3) is 0 Å². The number of hydrogen-bond donors (Lipinski definition) is 1. The van der Waals surface area contributed by atoms with Crippen LogP contribution in [0.5, 0.6) is 11.5 Å². The second kappa shape index (κ2) is 7.33. The van der Waals surface area contributed by atoms with Crippen LogP contribution in [-0.4, -0.2) is 33.0 Å². The highest BCUT2D eigenvalue weighted by molar-refractivity contribution is 7.93. The van der Waals surface area contributed by atoms with Crippen molar-refractivity contribution in [1.29, 1.82) is 0 Å². The number of nitrogens with one attached hydrogen (secondary N) is 1. The summed E-state index contributed by atoms with van der Waals surface area (Å²) in [4.78, 5) is 17.7. The van der Waals surface area contributed by atoms with Gasteiger partial charge < -0.3 is 9.47 Å². The zero-order valence-electron chi connectivity index (χ0n) is 15.0. The number of halogens is 1. The van der Waals surface area contributed by atoms with Crippen molar-refractivity contribution in [2.75, 3.05) is 23.3 Å². The fraction of sp³-hybridized carbons (Fsp3) is 0.111. The fourth-order valence-corrected chi connectivity index (χ4v) is 4.65. The number of ether oxygens (including phenoxy) is 2. The molecule has 1 amide bonds. The third kappa shape index (κ3) is 3.61. The Morgan fingerprint density at radius 2 is 2.03 bits per heavy atom. The summed E-state index contributed by atoms with van der Waals surface area (Å²) in [7, 11) is -2.53. The molecule has 0 atom stereocenters. The number of sulfonamides is 1. The summed E-state index contributed by atoms with van der Waals surface area (Å²) in [5.74, 6) is -0.563. The lowest BCUT2D eigenvalue weighted by Gasteiger charge is -2.30. The fourth-order valence-electron chi connectivity index (χ4n) is 2.85. The van der Waals surface area contributed by atoms with Gasteiger partial charge >= 0.3 is 0 Å². The minimum atomic E-state index is -3.89. The van der Waals surface area contributed by atoms with Gasteiger partial charge in [-0.25, -0.2) is 17.8 Å². The molecule has 0 spiro atoms. The Hall–Kier alpha value is -3.18. The number of carbonyl (C=O) groups excluding carboxylic acids is 1. The van der Waals surface area contributed by atoms with Crippen molar-refractivity contribution in [3.63, 3.8) is 0 Å². The zero-order chi connectivity index (χ0) is 20.6.